The molecule has 1 aromatic heterocycles. The van der Waals surface area contributed by atoms with Gasteiger partial charge in [-0.3, -0.25) is 4.79 Å². The number of hydrogen-bond donors (Lipinski definition) is 2. The number of nitrogens with zero attached hydrogens (tertiary/aromatic N) is 2. The van der Waals surface area contributed by atoms with Crippen LogP contribution in [-0.2, 0) is 4.74 Å². The Labute approximate surface area is 165 Å². The highest BCUT2D eigenvalue weighted by atomic mass is 16.7. The number of esters is 1. The van der Waals surface area contributed by atoms with Crippen molar-refractivity contribution in [2.24, 2.45) is 0 Å². The molecule has 4 rings (SSSR count). The van der Waals surface area contributed by atoms with Crippen molar-refractivity contribution in [1.82, 2.24) is 9.97 Å². The van der Waals surface area contributed by atoms with Crippen LogP contribution in [0.25, 0.3) is 0 Å². The van der Waals surface area contributed by atoms with E-state index in [0.29, 0.717) is 34.3 Å². The summed E-state index contributed by atoms with van der Waals surface area (Å²) in [6, 6.07) is 11.9. The average Bonchev–Trinajstić information content (AvgIpc) is 3.22. The lowest BCUT2D eigenvalue weighted by Crippen LogP contribution is -2.14. The van der Waals surface area contributed by atoms with Crippen molar-refractivity contribution in [1.29, 1.82) is 0 Å². The van der Waals surface area contributed by atoms with Crippen molar-refractivity contribution in [2.75, 3.05) is 24.5 Å². The number of rotatable bonds is 5. The summed E-state index contributed by atoms with van der Waals surface area (Å²) in [5.74, 6) is 0.787. The van der Waals surface area contributed by atoms with Crippen LogP contribution in [0, 0.1) is 0 Å². The first-order valence-electron chi connectivity index (χ1n) is 8.61. The largest absolute Gasteiger partial charge is 0.465 e. The summed E-state index contributed by atoms with van der Waals surface area (Å²) < 4.78 is 15.2. The second-order valence-electron chi connectivity index (χ2n) is 6.01. The standard InChI is InChI=1S/C20H16N4O5/c1-27-20(26)12-3-2-4-13(7-12)23-18-10-21-15(9-22-18)19(25)24-14-5-6-16-17(8-14)29-11-28-16/h2-10H,11H2,1H3,(H,22,23)(H,24,25). The van der Waals surface area contributed by atoms with Gasteiger partial charge in [0.1, 0.15) is 11.5 Å². The van der Waals surface area contributed by atoms with Gasteiger partial charge in [0.15, 0.2) is 11.5 Å². The molecule has 0 fully saturated rings. The molecule has 0 aliphatic carbocycles. The normalized spacial score (nSPS) is 11.6. The van der Waals surface area contributed by atoms with E-state index in [2.05, 4.69) is 20.6 Å². The van der Waals surface area contributed by atoms with E-state index < -0.39 is 11.9 Å². The number of hydrogen-bond acceptors (Lipinski definition) is 8. The van der Waals surface area contributed by atoms with Crippen molar-refractivity contribution >= 4 is 29.1 Å². The number of aromatic nitrogens is 2. The molecule has 146 valence electrons. The molecule has 0 bridgehead atoms. The number of anilines is 3. The lowest BCUT2D eigenvalue weighted by Gasteiger charge is -2.08. The third-order valence-electron chi connectivity index (χ3n) is 4.07. The third-order valence-corrected chi connectivity index (χ3v) is 4.07. The van der Waals surface area contributed by atoms with Gasteiger partial charge in [0.2, 0.25) is 6.79 Å². The summed E-state index contributed by atoms with van der Waals surface area (Å²) in [6.07, 6.45) is 2.79. The Hall–Kier alpha value is -4.14. The van der Waals surface area contributed by atoms with Gasteiger partial charge in [0.25, 0.3) is 5.91 Å². The zero-order valence-electron chi connectivity index (χ0n) is 15.3. The van der Waals surface area contributed by atoms with E-state index >= 15 is 0 Å². The molecule has 2 aromatic carbocycles. The molecule has 2 heterocycles. The third kappa shape index (κ3) is 4.08. The molecule has 0 spiro atoms. The first-order chi connectivity index (χ1) is 14.1. The van der Waals surface area contributed by atoms with Crippen molar-refractivity contribution in [3.05, 3.63) is 66.1 Å². The molecule has 1 aliphatic heterocycles. The minimum Gasteiger partial charge on any atom is -0.465 e. The van der Waals surface area contributed by atoms with Gasteiger partial charge in [-0.05, 0) is 30.3 Å². The van der Waals surface area contributed by atoms with Gasteiger partial charge in [-0.15, -0.1) is 0 Å². The molecule has 1 amide bonds. The van der Waals surface area contributed by atoms with Gasteiger partial charge >= 0.3 is 5.97 Å². The van der Waals surface area contributed by atoms with Crippen molar-refractivity contribution in [3.63, 3.8) is 0 Å². The Morgan fingerprint density at radius 3 is 2.66 bits per heavy atom. The molecule has 0 saturated carbocycles. The van der Waals surface area contributed by atoms with Crippen molar-refractivity contribution < 1.29 is 23.8 Å². The summed E-state index contributed by atoms with van der Waals surface area (Å²) in [4.78, 5) is 32.3. The molecule has 2 N–H and O–H groups in total. The molecule has 0 saturated heterocycles. The van der Waals surface area contributed by atoms with Crippen LogP contribution in [-0.4, -0.2) is 35.7 Å². The molecule has 9 heteroatoms. The lowest BCUT2D eigenvalue weighted by atomic mass is 10.2. The predicted molar refractivity (Wildman–Crippen MR) is 104 cm³/mol. The predicted octanol–water partition coefficient (Wildman–Crippen LogP) is 2.99. The maximum Gasteiger partial charge on any atom is 0.337 e. The minimum atomic E-state index is -0.435. The first kappa shape index (κ1) is 18.2. The highest BCUT2D eigenvalue weighted by Crippen LogP contribution is 2.34. The second kappa shape index (κ2) is 7.85. The molecular formula is C20H16N4O5. The Bertz CT molecular complexity index is 1070. The van der Waals surface area contributed by atoms with Crippen LogP contribution < -0.4 is 20.1 Å². The van der Waals surface area contributed by atoms with Gasteiger partial charge < -0.3 is 24.8 Å². The number of carbonyl (C=O) groups excluding carboxylic acids is 2. The second-order valence-corrected chi connectivity index (χ2v) is 6.01. The maximum atomic E-state index is 12.4. The summed E-state index contributed by atoms with van der Waals surface area (Å²) in [5, 5.41) is 5.76. The molecule has 0 unspecified atom stereocenters. The molecular weight excluding hydrogens is 376 g/mol. The van der Waals surface area contributed by atoms with Crippen LogP contribution in [0.3, 0.4) is 0 Å². The number of fused-ring (bicyclic) bond motifs is 1. The number of nitrogens with one attached hydrogen (secondary N) is 2. The highest BCUT2D eigenvalue weighted by molar-refractivity contribution is 6.02. The number of benzene rings is 2. The van der Waals surface area contributed by atoms with Gasteiger partial charge in [-0.2, -0.15) is 0 Å². The van der Waals surface area contributed by atoms with Crippen LogP contribution >= 0.6 is 0 Å². The molecule has 1 aliphatic rings. The number of amides is 1. The topological polar surface area (TPSA) is 112 Å². The summed E-state index contributed by atoms with van der Waals surface area (Å²) >= 11 is 0. The number of methoxy groups -OCH3 is 1. The van der Waals surface area contributed by atoms with Crippen LogP contribution in [0.2, 0.25) is 0 Å². The van der Waals surface area contributed by atoms with Crippen molar-refractivity contribution in [3.8, 4) is 11.5 Å². The van der Waals surface area contributed by atoms with E-state index in [4.69, 9.17) is 14.2 Å². The fourth-order valence-corrected chi connectivity index (χ4v) is 2.67. The SMILES string of the molecule is COC(=O)c1cccc(Nc2cnc(C(=O)Nc3ccc4c(c3)OCO4)cn2)c1. The Morgan fingerprint density at radius 2 is 1.86 bits per heavy atom. The Morgan fingerprint density at radius 1 is 1.00 bits per heavy atom. The van der Waals surface area contributed by atoms with E-state index in [0.717, 1.165) is 0 Å². The fraction of sp³-hybridized carbons (Fsp3) is 0.100. The first-order valence-corrected chi connectivity index (χ1v) is 8.61. The van der Waals surface area contributed by atoms with Crippen LogP contribution in [0.4, 0.5) is 17.2 Å². The quantitative estimate of drug-likeness (QED) is 0.638. The Kier molecular flexibility index (Phi) is 4.93. The van der Waals surface area contributed by atoms with Gasteiger partial charge in [-0.1, -0.05) is 6.07 Å². The van der Waals surface area contributed by atoms with E-state index in [1.807, 2.05) is 0 Å². The smallest absolute Gasteiger partial charge is 0.337 e. The van der Waals surface area contributed by atoms with Crippen LogP contribution in [0.5, 0.6) is 11.5 Å². The molecule has 0 radical (unpaired) electrons. The zero-order chi connectivity index (χ0) is 20.2. The maximum absolute atomic E-state index is 12.4. The summed E-state index contributed by atoms with van der Waals surface area (Å²) in [6.45, 7) is 0.162. The van der Waals surface area contributed by atoms with Crippen molar-refractivity contribution in [2.45, 2.75) is 0 Å². The fourth-order valence-electron chi connectivity index (χ4n) is 2.67. The van der Waals surface area contributed by atoms with E-state index in [1.165, 1.54) is 19.5 Å². The highest BCUT2D eigenvalue weighted by Gasteiger charge is 2.15. The average molecular weight is 392 g/mol. The number of ether oxygens (including phenoxy) is 3. The van der Waals surface area contributed by atoms with E-state index in [1.54, 1.807) is 42.5 Å². The summed E-state index contributed by atoms with van der Waals surface area (Å²) in [7, 11) is 1.32. The van der Waals surface area contributed by atoms with Crippen LogP contribution in [0.15, 0.2) is 54.9 Å². The molecule has 3 aromatic rings. The molecule has 0 atom stereocenters. The van der Waals surface area contributed by atoms with Gasteiger partial charge in [-0.25, -0.2) is 14.8 Å². The van der Waals surface area contributed by atoms with Gasteiger partial charge in [0, 0.05) is 17.4 Å². The summed E-state index contributed by atoms with van der Waals surface area (Å²) in [5.41, 5.74) is 1.75. The molecule has 9 nitrogen and oxygen atoms in total. The minimum absolute atomic E-state index is 0.150. The lowest BCUT2D eigenvalue weighted by molar-refractivity contribution is 0.0600. The van der Waals surface area contributed by atoms with E-state index in [9.17, 15) is 9.59 Å². The van der Waals surface area contributed by atoms with E-state index in [-0.39, 0.29) is 12.5 Å². The van der Waals surface area contributed by atoms with Crippen LogP contribution in [0.1, 0.15) is 20.8 Å². The monoisotopic (exact) mass is 392 g/mol. The van der Waals surface area contributed by atoms with Gasteiger partial charge in [0.05, 0.1) is 25.1 Å². The molecule has 29 heavy (non-hydrogen) atoms. The Balaban J connectivity index is 1.42. The number of carbonyl (C=O) groups is 2. The zero-order valence-corrected chi connectivity index (χ0v) is 15.3.